The van der Waals surface area contributed by atoms with E-state index in [1.165, 1.54) is 24.6 Å². The van der Waals surface area contributed by atoms with Gasteiger partial charge in [-0.1, -0.05) is 73.1 Å². The molecular formula is C20H45FO3PS+. The van der Waals surface area contributed by atoms with Crippen molar-refractivity contribution in [1.29, 1.82) is 0 Å². The zero-order chi connectivity index (χ0) is 21.0. The zero-order valence-corrected chi connectivity index (χ0v) is 20.4. The molecule has 0 aliphatic heterocycles. The monoisotopic (exact) mass is 415 g/mol. The van der Waals surface area contributed by atoms with Crippen molar-refractivity contribution >= 4 is 17.4 Å². The zero-order valence-electron chi connectivity index (χ0n) is 18.7. The van der Waals surface area contributed by atoms with Crippen molar-refractivity contribution in [2.24, 2.45) is 23.7 Å². The molecule has 0 heterocycles. The molecule has 6 heteroatoms. The molecule has 160 valence electrons. The quantitative estimate of drug-likeness (QED) is 0.335. The van der Waals surface area contributed by atoms with E-state index in [-0.39, 0.29) is 5.75 Å². The molecule has 0 bridgehead atoms. The van der Waals surface area contributed by atoms with E-state index < -0.39 is 17.4 Å². The molecule has 0 aromatic carbocycles. The molecule has 0 N–H and O–H groups in total. The Labute approximate surface area is 164 Å². The Morgan fingerprint density at radius 1 is 0.769 bits per heavy atom. The van der Waals surface area contributed by atoms with Gasteiger partial charge in [0.25, 0.3) is 10.1 Å². The Hall–Kier alpha value is 0.270. The van der Waals surface area contributed by atoms with Crippen molar-refractivity contribution in [3.8, 4) is 0 Å². The predicted molar refractivity (Wildman–Crippen MR) is 117 cm³/mol. The van der Waals surface area contributed by atoms with E-state index in [0.717, 1.165) is 23.7 Å². The standard InChI is InChI=1S/C16H36P.C4H9FO3S/c1-13(2)9-17(10-14(3)4,11-15(5)6)12-16(7)8;1-2-3-4-9(6,7)8-5/h13-16H,9-12H2,1-8H3;2-4H2,1H3/q+1;. The molecule has 0 spiro atoms. The second-order valence-corrected chi connectivity index (χ2v) is 15.1. The molecule has 0 radical (unpaired) electrons. The Bertz CT molecular complexity index is 389. The van der Waals surface area contributed by atoms with E-state index >= 15 is 0 Å². The summed E-state index contributed by atoms with van der Waals surface area (Å²) in [6.45, 7) is 21.1. The van der Waals surface area contributed by atoms with Gasteiger partial charge in [-0.2, -0.15) is 8.42 Å². The maximum absolute atomic E-state index is 11.0. The van der Waals surface area contributed by atoms with Crippen LogP contribution in [0.25, 0.3) is 0 Å². The van der Waals surface area contributed by atoms with Crippen LogP contribution in [0, 0.1) is 23.7 Å². The minimum absolute atomic E-state index is 0.236. The molecule has 0 aromatic rings. The van der Waals surface area contributed by atoms with Crippen LogP contribution >= 0.6 is 7.26 Å². The number of rotatable bonds is 12. The van der Waals surface area contributed by atoms with Crippen molar-refractivity contribution in [2.75, 3.05) is 30.4 Å². The largest absolute Gasteiger partial charge is 0.297 e. The summed E-state index contributed by atoms with van der Waals surface area (Å²) in [5, 5.41) is 0. The van der Waals surface area contributed by atoms with Gasteiger partial charge in [0.15, 0.2) is 0 Å². The lowest BCUT2D eigenvalue weighted by atomic mass is 10.2. The highest BCUT2D eigenvalue weighted by molar-refractivity contribution is 7.86. The van der Waals surface area contributed by atoms with E-state index in [1.807, 2.05) is 6.92 Å². The van der Waals surface area contributed by atoms with Gasteiger partial charge in [0.2, 0.25) is 0 Å². The fourth-order valence-electron chi connectivity index (χ4n) is 3.90. The van der Waals surface area contributed by atoms with Crippen LogP contribution in [-0.4, -0.2) is 38.8 Å². The van der Waals surface area contributed by atoms with Crippen LogP contribution in [0.2, 0.25) is 0 Å². The third-order valence-corrected chi connectivity index (χ3v) is 10.9. The molecule has 0 aromatic heterocycles. The highest BCUT2D eigenvalue weighted by atomic mass is 32.2. The maximum Gasteiger partial charge on any atom is 0.297 e. The smallest absolute Gasteiger partial charge is 0.197 e. The van der Waals surface area contributed by atoms with Crippen LogP contribution in [0.3, 0.4) is 0 Å². The number of unbranched alkanes of at least 4 members (excludes halogenated alkanes) is 1. The van der Waals surface area contributed by atoms with Gasteiger partial charge in [-0.25, -0.2) is 0 Å². The van der Waals surface area contributed by atoms with Crippen molar-refractivity contribution in [3.05, 3.63) is 0 Å². The summed E-state index contributed by atoms with van der Waals surface area (Å²) in [6, 6.07) is 0. The number of hydrogen-bond donors (Lipinski definition) is 0. The van der Waals surface area contributed by atoms with Gasteiger partial charge < -0.3 is 0 Å². The van der Waals surface area contributed by atoms with Crippen LogP contribution in [0.15, 0.2) is 0 Å². The second kappa shape index (κ2) is 14.3. The minimum Gasteiger partial charge on any atom is -0.197 e. The van der Waals surface area contributed by atoms with Crippen molar-refractivity contribution in [3.63, 3.8) is 0 Å². The van der Waals surface area contributed by atoms with Gasteiger partial charge >= 0.3 is 0 Å². The molecule has 0 saturated heterocycles. The maximum atomic E-state index is 11.0. The number of halogens is 1. The average molecular weight is 416 g/mol. The first-order valence-corrected chi connectivity index (χ1v) is 14.3. The molecule has 0 aliphatic carbocycles. The summed E-state index contributed by atoms with van der Waals surface area (Å²) in [5.41, 5.74) is 0. The summed E-state index contributed by atoms with van der Waals surface area (Å²) >= 11 is 0. The van der Waals surface area contributed by atoms with Crippen LogP contribution in [0.4, 0.5) is 4.53 Å². The fourth-order valence-corrected chi connectivity index (χ4v) is 11.7. The van der Waals surface area contributed by atoms with Gasteiger partial charge in [0.1, 0.15) is 0 Å². The lowest BCUT2D eigenvalue weighted by molar-refractivity contribution is 0.00290. The van der Waals surface area contributed by atoms with Gasteiger partial charge in [0.05, 0.1) is 30.4 Å². The highest BCUT2D eigenvalue weighted by Crippen LogP contribution is 2.63. The van der Waals surface area contributed by atoms with Crippen molar-refractivity contribution < 1.29 is 17.3 Å². The van der Waals surface area contributed by atoms with Gasteiger partial charge in [-0.3, -0.25) is 0 Å². The number of hydrogen-bond acceptors (Lipinski definition) is 3. The molecule has 0 unspecified atom stereocenters. The van der Waals surface area contributed by atoms with E-state index in [4.69, 9.17) is 0 Å². The molecule has 0 amide bonds. The van der Waals surface area contributed by atoms with Gasteiger partial charge in [-0.05, 0) is 34.6 Å². The summed E-state index contributed by atoms with van der Waals surface area (Å²) in [5.74, 6) is 3.26. The average Bonchev–Trinajstić information content (AvgIpc) is 2.42. The summed E-state index contributed by atoms with van der Waals surface area (Å²) < 4.78 is 34.0. The Balaban J connectivity index is 0. The molecule has 0 atom stereocenters. The SMILES string of the molecule is CC(C)C[P+](CC(C)C)(CC(C)C)CC(C)C.CCCCS(=O)(=O)OF. The minimum atomic E-state index is -3.85. The lowest BCUT2D eigenvalue weighted by Gasteiger charge is -2.33. The lowest BCUT2D eigenvalue weighted by Crippen LogP contribution is -2.22. The first-order chi connectivity index (χ1) is 11.8. The normalized spacial score (nSPS) is 12.8. The van der Waals surface area contributed by atoms with E-state index in [9.17, 15) is 12.9 Å². The summed E-state index contributed by atoms with van der Waals surface area (Å²) in [7, 11) is -4.57. The van der Waals surface area contributed by atoms with Crippen molar-refractivity contribution in [2.45, 2.75) is 75.2 Å². The topological polar surface area (TPSA) is 43.4 Å². The molecule has 0 aliphatic rings. The first-order valence-electron chi connectivity index (χ1n) is 10.2. The third-order valence-electron chi connectivity index (χ3n) is 3.85. The predicted octanol–water partition coefficient (Wildman–Crippen LogP) is 6.65. The second-order valence-electron chi connectivity index (χ2n) is 9.33. The van der Waals surface area contributed by atoms with E-state index in [0.29, 0.717) is 12.8 Å². The molecular weight excluding hydrogens is 370 g/mol. The molecule has 0 fully saturated rings. The Morgan fingerprint density at radius 2 is 1.08 bits per heavy atom. The van der Waals surface area contributed by atoms with Crippen LogP contribution < -0.4 is 0 Å². The van der Waals surface area contributed by atoms with E-state index in [1.54, 1.807) is 0 Å². The van der Waals surface area contributed by atoms with E-state index in [2.05, 4.69) is 59.8 Å². The first kappa shape index (κ1) is 28.5. The Kier molecular flexibility index (Phi) is 15.7. The fraction of sp³-hybridized carbons (Fsp3) is 1.00. The molecule has 26 heavy (non-hydrogen) atoms. The summed E-state index contributed by atoms with van der Waals surface area (Å²) in [4.78, 5) is 0. The molecule has 3 nitrogen and oxygen atoms in total. The van der Waals surface area contributed by atoms with Crippen LogP contribution in [-0.2, 0) is 14.5 Å². The van der Waals surface area contributed by atoms with Crippen molar-refractivity contribution in [1.82, 2.24) is 0 Å². The van der Waals surface area contributed by atoms with Crippen LogP contribution in [0.1, 0.15) is 75.2 Å². The summed E-state index contributed by atoms with van der Waals surface area (Å²) in [6.07, 6.45) is 7.21. The third kappa shape index (κ3) is 16.4. The highest BCUT2D eigenvalue weighted by Gasteiger charge is 2.39. The van der Waals surface area contributed by atoms with Crippen LogP contribution in [0.5, 0.6) is 0 Å². The van der Waals surface area contributed by atoms with Gasteiger partial charge in [-0.15, -0.1) is 0 Å². The molecule has 0 saturated carbocycles. The molecule has 0 rings (SSSR count). The van der Waals surface area contributed by atoms with Gasteiger partial charge in [0, 0.05) is 7.26 Å². The Morgan fingerprint density at radius 3 is 1.27 bits per heavy atom.